The molecular weight excluding hydrogens is 304 g/mol. The van der Waals surface area contributed by atoms with Gasteiger partial charge >= 0.3 is 0 Å². The summed E-state index contributed by atoms with van der Waals surface area (Å²) in [6.07, 6.45) is 4.81. The highest BCUT2D eigenvalue weighted by Gasteiger charge is 2.11. The molecule has 0 saturated heterocycles. The third kappa shape index (κ3) is 2.94. The molecule has 3 aromatic rings. The Balaban J connectivity index is 1.80. The number of hydrogen-bond acceptors (Lipinski definition) is 5. The van der Waals surface area contributed by atoms with Crippen molar-refractivity contribution in [3.63, 3.8) is 0 Å². The first kappa shape index (κ1) is 14.2. The van der Waals surface area contributed by atoms with Gasteiger partial charge in [-0.25, -0.2) is 19.6 Å². The van der Waals surface area contributed by atoms with Crippen molar-refractivity contribution in [3.8, 4) is 5.82 Å². The molecule has 0 spiro atoms. The number of rotatable bonds is 3. The van der Waals surface area contributed by atoms with Gasteiger partial charge in [0.1, 0.15) is 11.5 Å². The van der Waals surface area contributed by atoms with Crippen molar-refractivity contribution < 1.29 is 4.79 Å². The Hall–Kier alpha value is -2.80. The van der Waals surface area contributed by atoms with Crippen LogP contribution in [-0.2, 0) is 0 Å². The fraction of sp³-hybridized carbons (Fsp3) is 0.0714. The van der Waals surface area contributed by atoms with Gasteiger partial charge in [0, 0.05) is 24.7 Å². The molecule has 7 nitrogen and oxygen atoms in total. The lowest BCUT2D eigenvalue weighted by Crippen LogP contribution is -2.15. The van der Waals surface area contributed by atoms with E-state index in [9.17, 15) is 4.79 Å². The fourth-order valence-electron chi connectivity index (χ4n) is 1.82. The van der Waals surface area contributed by atoms with E-state index in [1.165, 1.54) is 16.9 Å². The average molecular weight is 315 g/mol. The zero-order chi connectivity index (χ0) is 15.5. The number of carbonyl (C=O) groups is 1. The van der Waals surface area contributed by atoms with Crippen molar-refractivity contribution in [3.05, 3.63) is 59.4 Å². The first-order valence-electron chi connectivity index (χ1n) is 6.41. The zero-order valence-electron chi connectivity index (χ0n) is 11.6. The molecule has 0 aliphatic heterocycles. The van der Waals surface area contributed by atoms with Crippen molar-refractivity contribution in [2.45, 2.75) is 6.92 Å². The van der Waals surface area contributed by atoms with Crippen molar-refractivity contribution in [2.24, 2.45) is 0 Å². The van der Waals surface area contributed by atoms with Gasteiger partial charge in [0.2, 0.25) is 0 Å². The molecule has 0 bridgehead atoms. The molecule has 110 valence electrons. The summed E-state index contributed by atoms with van der Waals surface area (Å²) in [5.74, 6) is 1.03. The molecule has 0 aromatic carbocycles. The van der Waals surface area contributed by atoms with Gasteiger partial charge in [-0.15, -0.1) is 5.10 Å². The molecule has 0 fully saturated rings. The molecule has 3 aromatic heterocycles. The molecule has 1 amide bonds. The van der Waals surface area contributed by atoms with E-state index < -0.39 is 0 Å². The van der Waals surface area contributed by atoms with E-state index in [1.54, 1.807) is 37.5 Å². The van der Waals surface area contributed by atoms with Crippen LogP contribution in [0, 0.1) is 6.92 Å². The van der Waals surface area contributed by atoms with Crippen LogP contribution in [0.25, 0.3) is 5.82 Å². The summed E-state index contributed by atoms with van der Waals surface area (Å²) in [7, 11) is 0. The quantitative estimate of drug-likeness (QED) is 0.801. The average Bonchev–Trinajstić information content (AvgIpc) is 2.96. The van der Waals surface area contributed by atoms with Gasteiger partial charge in [-0.3, -0.25) is 4.79 Å². The first-order valence-corrected chi connectivity index (χ1v) is 6.79. The number of pyridine rings is 1. The highest BCUT2D eigenvalue weighted by Crippen LogP contribution is 2.17. The summed E-state index contributed by atoms with van der Waals surface area (Å²) in [5.41, 5.74) is 0.276. The summed E-state index contributed by atoms with van der Waals surface area (Å²) >= 11 is 6.06. The molecule has 0 aliphatic rings. The van der Waals surface area contributed by atoms with Gasteiger partial charge in [-0.1, -0.05) is 11.6 Å². The third-order valence-corrected chi connectivity index (χ3v) is 3.09. The topological polar surface area (TPSA) is 85.6 Å². The van der Waals surface area contributed by atoms with Crippen molar-refractivity contribution in [1.82, 2.24) is 24.7 Å². The second kappa shape index (κ2) is 5.90. The maximum absolute atomic E-state index is 12.1. The molecule has 3 rings (SSSR count). The van der Waals surface area contributed by atoms with Gasteiger partial charge in [0.15, 0.2) is 11.6 Å². The molecule has 0 atom stereocenters. The minimum atomic E-state index is -0.358. The van der Waals surface area contributed by atoms with Gasteiger partial charge in [0.25, 0.3) is 5.91 Å². The predicted molar refractivity (Wildman–Crippen MR) is 81.1 cm³/mol. The number of hydrogen-bond donors (Lipinski definition) is 1. The Morgan fingerprint density at radius 1 is 1.23 bits per heavy atom. The number of nitrogens with one attached hydrogen (secondary N) is 1. The Morgan fingerprint density at radius 2 is 2.09 bits per heavy atom. The predicted octanol–water partition coefficient (Wildman–Crippen LogP) is 2.27. The van der Waals surface area contributed by atoms with E-state index in [0.29, 0.717) is 22.5 Å². The van der Waals surface area contributed by atoms with Crippen LogP contribution in [0.1, 0.15) is 16.3 Å². The summed E-state index contributed by atoms with van der Waals surface area (Å²) in [6, 6.07) is 6.63. The van der Waals surface area contributed by atoms with E-state index in [-0.39, 0.29) is 11.6 Å². The minimum Gasteiger partial charge on any atom is -0.304 e. The van der Waals surface area contributed by atoms with Gasteiger partial charge < -0.3 is 5.32 Å². The van der Waals surface area contributed by atoms with Gasteiger partial charge in [-0.2, -0.15) is 0 Å². The second-order valence-electron chi connectivity index (χ2n) is 4.40. The van der Waals surface area contributed by atoms with E-state index in [2.05, 4.69) is 25.4 Å². The number of anilines is 1. The molecule has 22 heavy (non-hydrogen) atoms. The van der Waals surface area contributed by atoms with Crippen LogP contribution in [0.3, 0.4) is 0 Å². The van der Waals surface area contributed by atoms with Crippen LogP contribution in [0.5, 0.6) is 0 Å². The van der Waals surface area contributed by atoms with Crippen LogP contribution < -0.4 is 5.32 Å². The maximum atomic E-state index is 12.1. The number of nitrogens with zero attached hydrogens (tertiary/aromatic N) is 5. The third-order valence-electron chi connectivity index (χ3n) is 2.80. The fourth-order valence-corrected chi connectivity index (χ4v) is 2.03. The molecule has 1 N–H and O–H groups in total. The Morgan fingerprint density at radius 3 is 2.86 bits per heavy atom. The minimum absolute atomic E-state index is 0.276. The molecule has 0 unspecified atom stereocenters. The standard InChI is InChI=1S/C14H11ClN6O/c1-9-16-7-4-11(18-9)14(22)19-12-5-8-21(20-12)13-10(15)3-2-6-17-13/h2-8H,1H3,(H,19,20,22). The number of aryl methyl sites for hydroxylation is 1. The lowest BCUT2D eigenvalue weighted by Gasteiger charge is -2.03. The molecule has 8 heteroatoms. The lowest BCUT2D eigenvalue weighted by molar-refractivity contribution is 0.102. The van der Waals surface area contributed by atoms with Gasteiger partial charge in [-0.05, 0) is 25.1 Å². The number of halogens is 1. The highest BCUT2D eigenvalue weighted by molar-refractivity contribution is 6.32. The smallest absolute Gasteiger partial charge is 0.275 e. The van der Waals surface area contributed by atoms with Crippen molar-refractivity contribution in [1.29, 1.82) is 0 Å². The Kier molecular flexibility index (Phi) is 3.80. The monoisotopic (exact) mass is 314 g/mol. The van der Waals surface area contributed by atoms with E-state index >= 15 is 0 Å². The van der Waals surface area contributed by atoms with E-state index in [1.807, 2.05) is 0 Å². The molecular formula is C14H11ClN6O. The highest BCUT2D eigenvalue weighted by atomic mass is 35.5. The first-order chi connectivity index (χ1) is 10.6. The molecule has 0 radical (unpaired) electrons. The van der Waals surface area contributed by atoms with Crippen molar-refractivity contribution >= 4 is 23.3 Å². The van der Waals surface area contributed by atoms with Crippen LogP contribution in [-0.4, -0.2) is 30.6 Å². The normalized spacial score (nSPS) is 10.5. The number of amides is 1. The van der Waals surface area contributed by atoms with Crippen LogP contribution in [0.15, 0.2) is 42.9 Å². The lowest BCUT2D eigenvalue weighted by atomic mass is 10.3. The largest absolute Gasteiger partial charge is 0.304 e. The van der Waals surface area contributed by atoms with Gasteiger partial charge in [0.05, 0.1) is 5.02 Å². The number of aromatic nitrogens is 5. The van der Waals surface area contributed by atoms with Crippen LogP contribution >= 0.6 is 11.6 Å². The molecule has 0 saturated carbocycles. The van der Waals surface area contributed by atoms with E-state index in [4.69, 9.17) is 11.6 Å². The maximum Gasteiger partial charge on any atom is 0.275 e. The molecule has 0 aliphatic carbocycles. The van der Waals surface area contributed by atoms with E-state index in [0.717, 1.165) is 0 Å². The number of carbonyl (C=O) groups excluding carboxylic acids is 1. The Labute approximate surface area is 131 Å². The summed E-state index contributed by atoms with van der Waals surface area (Å²) in [6.45, 7) is 1.72. The molecule has 3 heterocycles. The summed E-state index contributed by atoms with van der Waals surface area (Å²) in [4.78, 5) is 24.2. The van der Waals surface area contributed by atoms with Crippen LogP contribution in [0.4, 0.5) is 5.82 Å². The Bertz CT molecular complexity index is 831. The van der Waals surface area contributed by atoms with Crippen LogP contribution in [0.2, 0.25) is 5.02 Å². The summed E-state index contributed by atoms with van der Waals surface area (Å²) < 4.78 is 1.49. The zero-order valence-corrected chi connectivity index (χ0v) is 12.3. The summed E-state index contributed by atoms with van der Waals surface area (Å²) in [5, 5.41) is 7.35. The van der Waals surface area contributed by atoms with Crippen molar-refractivity contribution in [2.75, 3.05) is 5.32 Å². The SMILES string of the molecule is Cc1nccc(C(=O)Nc2ccn(-c3ncccc3Cl)n2)n1. The second-order valence-corrected chi connectivity index (χ2v) is 4.80.